The van der Waals surface area contributed by atoms with E-state index in [1.54, 1.807) is 0 Å². The van der Waals surface area contributed by atoms with Gasteiger partial charge in [-0.2, -0.15) is 0 Å². The molecule has 0 unspecified atom stereocenters. The number of nitrogens with zero attached hydrogens (tertiary/aromatic N) is 2. The molecule has 1 aromatic heterocycles. The number of hydrogen-bond acceptors (Lipinski definition) is 2. The highest BCUT2D eigenvalue weighted by Crippen LogP contribution is 2.47. The average Bonchev–Trinajstić information content (AvgIpc) is 2.57. The van der Waals surface area contributed by atoms with Crippen LogP contribution in [0.3, 0.4) is 0 Å². The summed E-state index contributed by atoms with van der Waals surface area (Å²) in [6.07, 6.45) is 1.89. The molecule has 0 saturated carbocycles. The lowest BCUT2D eigenvalue weighted by molar-refractivity contribution is -0.662. The van der Waals surface area contributed by atoms with E-state index in [4.69, 9.17) is 4.74 Å². The average molecular weight is 313 g/mol. The van der Waals surface area contributed by atoms with Gasteiger partial charge in [0.1, 0.15) is 16.9 Å². The number of aromatic nitrogens is 2. The smallest absolute Gasteiger partial charge is 0.287 e. The van der Waals surface area contributed by atoms with Gasteiger partial charge >= 0.3 is 0 Å². The SMILES string of the molecule is Cc1cccc2cc3c(c(C)c12)-c1c2c(cccc2nc[n+]1C)O3. The molecule has 0 saturated heterocycles. The maximum Gasteiger partial charge on any atom is 0.287 e. The standard InChI is InChI=1S/C21H17N2O/c1-12-6-4-7-14-10-17-19(13(2)18(12)14)21-20-15(22-11-23(21)3)8-5-9-16(20)24-17/h4-11H,1-3H3/q+1. The predicted molar refractivity (Wildman–Crippen MR) is 95.4 cm³/mol. The van der Waals surface area contributed by atoms with Crippen molar-refractivity contribution in [1.82, 2.24) is 4.98 Å². The van der Waals surface area contributed by atoms with Crippen molar-refractivity contribution in [3.63, 3.8) is 0 Å². The molecule has 0 N–H and O–H groups in total. The van der Waals surface area contributed by atoms with Gasteiger partial charge in [-0.15, -0.1) is 0 Å². The first-order valence-electron chi connectivity index (χ1n) is 8.13. The van der Waals surface area contributed by atoms with E-state index in [0.29, 0.717) is 0 Å². The van der Waals surface area contributed by atoms with Gasteiger partial charge in [-0.05, 0) is 58.9 Å². The topological polar surface area (TPSA) is 26.0 Å². The third kappa shape index (κ3) is 1.61. The lowest BCUT2D eigenvalue weighted by atomic mass is 9.91. The van der Waals surface area contributed by atoms with Crippen LogP contribution in [0, 0.1) is 13.8 Å². The van der Waals surface area contributed by atoms with Crippen molar-refractivity contribution in [2.24, 2.45) is 7.05 Å². The number of hydrogen-bond donors (Lipinski definition) is 0. The van der Waals surface area contributed by atoms with Crippen molar-refractivity contribution >= 4 is 21.7 Å². The Balaban J connectivity index is 2.03. The highest BCUT2D eigenvalue weighted by atomic mass is 16.5. The summed E-state index contributed by atoms with van der Waals surface area (Å²) < 4.78 is 8.38. The summed E-state index contributed by atoms with van der Waals surface area (Å²) in [5, 5.41) is 3.62. The van der Waals surface area contributed by atoms with Gasteiger partial charge in [0, 0.05) is 0 Å². The third-order valence-electron chi connectivity index (χ3n) is 5.01. The molecule has 4 aromatic rings. The fraction of sp³-hybridized carbons (Fsp3) is 0.143. The van der Waals surface area contributed by atoms with Gasteiger partial charge in [0.05, 0.1) is 12.6 Å². The molecule has 3 heteroatoms. The third-order valence-corrected chi connectivity index (χ3v) is 5.01. The summed E-state index contributed by atoms with van der Waals surface area (Å²) in [4.78, 5) is 4.55. The van der Waals surface area contributed by atoms with E-state index in [-0.39, 0.29) is 0 Å². The first kappa shape index (κ1) is 13.5. The Kier molecular flexibility index (Phi) is 2.55. The van der Waals surface area contributed by atoms with Crippen LogP contribution in [0.15, 0.2) is 48.8 Å². The van der Waals surface area contributed by atoms with Crippen molar-refractivity contribution < 1.29 is 9.30 Å². The number of ether oxygens (including phenoxy) is 1. The van der Waals surface area contributed by atoms with Crippen LogP contribution in [-0.4, -0.2) is 4.98 Å². The highest BCUT2D eigenvalue weighted by molar-refractivity contribution is 6.04. The van der Waals surface area contributed by atoms with Crippen molar-refractivity contribution in [1.29, 1.82) is 0 Å². The molecule has 3 nitrogen and oxygen atoms in total. The van der Waals surface area contributed by atoms with Gasteiger partial charge < -0.3 is 4.74 Å². The van der Waals surface area contributed by atoms with Gasteiger partial charge in [-0.3, -0.25) is 0 Å². The zero-order valence-electron chi connectivity index (χ0n) is 13.9. The summed E-state index contributed by atoms with van der Waals surface area (Å²) >= 11 is 0. The highest BCUT2D eigenvalue weighted by Gasteiger charge is 2.29. The molecular weight excluding hydrogens is 296 g/mol. The molecule has 0 bridgehead atoms. The molecule has 3 aromatic carbocycles. The van der Waals surface area contributed by atoms with Crippen LogP contribution in [0.25, 0.3) is 32.9 Å². The predicted octanol–water partition coefficient (Wildman–Crippen LogP) is 4.60. The van der Waals surface area contributed by atoms with Crippen molar-refractivity contribution in [2.45, 2.75) is 13.8 Å². The first-order chi connectivity index (χ1) is 11.6. The summed E-state index contributed by atoms with van der Waals surface area (Å²) in [5.74, 6) is 1.80. The first-order valence-corrected chi connectivity index (χ1v) is 8.13. The van der Waals surface area contributed by atoms with Gasteiger partial charge in [0.2, 0.25) is 0 Å². The van der Waals surface area contributed by atoms with Crippen LogP contribution < -0.4 is 9.30 Å². The molecular formula is C21H17N2O+. The monoisotopic (exact) mass is 313 g/mol. The van der Waals surface area contributed by atoms with Gasteiger partial charge in [-0.25, -0.2) is 4.57 Å². The van der Waals surface area contributed by atoms with Crippen LogP contribution in [0.5, 0.6) is 11.5 Å². The number of fused-ring (bicyclic) bond motifs is 3. The quantitative estimate of drug-likeness (QED) is 0.390. The van der Waals surface area contributed by atoms with Crippen LogP contribution in [0.1, 0.15) is 11.1 Å². The summed E-state index contributed by atoms with van der Waals surface area (Å²) in [6, 6.07) is 14.6. The Morgan fingerprint density at radius 1 is 0.958 bits per heavy atom. The van der Waals surface area contributed by atoms with E-state index in [1.165, 1.54) is 33.2 Å². The van der Waals surface area contributed by atoms with Crippen LogP contribution >= 0.6 is 0 Å². The lowest BCUT2D eigenvalue weighted by Gasteiger charge is -2.22. The summed E-state index contributed by atoms with van der Waals surface area (Å²) in [6.45, 7) is 4.36. The molecule has 0 radical (unpaired) electrons. The molecule has 0 amide bonds. The normalized spacial score (nSPS) is 12.3. The van der Waals surface area contributed by atoms with E-state index in [0.717, 1.165) is 22.4 Å². The second kappa shape index (κ2) is 4.54. The molecule has 1 aliphatic heterocycles. The number of benzene rings is 3. The number of rotatable bonds is 0. The Hall–Kier alpha value is -2.94. The largest absolute Gasteiger partial charge is 0.456 e. The van der Waals surface area contributed by atoms with Crippen LogP contribution in [-0.2, 0) is 7.05 Å². The van der Waals surface area contributed by atoms with E-state index >= 15 is 0 Å². The minimum absolute atomic E-state index is 0.880. The van der Waals surface area contributed by atoms with E-state index in [1.807, 2.05) is 24.5 Å². The lowest BCUT2D eigenvalue weighted by Crippen LogP contribution is -2.32. The summed E-state index contributed by atoms with van der Waals surface area (Å²) in [5.41, 5.74) is 5.87. The molecule has 2 heterocycles. The number of aryl methyl sites for hydroxylation is 3. The fourth-order valence-electron chi connectivity index (χ4n) is 3.97. The van der Waals surface area contributed by atoms with Crippen molar-refractivity contribution in [2.75, 3.05) is 0 Å². The van der Waals surface area contributed by atoms with Gasteiger partial charge in [-0.1, -0.05) is 24.3 Å². The maximum absolute atomic E-state index is 6.28. The second-order valence-corrected chi connectivity index (χ2v) is 6.50. The Labute approximate surface area is 140 Å². The van der Waals surface area contributed by atoms with Crippen LogP contribution in [0.2, 0.25) is 0 Å². The second-order valence-electron chi connectivity index (χ2n) is 6.50. The van der Waals surface area contributed by atoms with E-state index < -0.39 is 0 Å². The van der Waals surface area contributed by atoms with E-state index in [9.17, 15) is 0 Å². The Morgan fingerprint density at radius 3 is 2.67 bits per heavy atom. The Bertz CT molecular complexity index is 1160. The molecule has 1 aliphatic rings. The molecule has 5 rings (SSSR count). The van der Waals surface area contributed by atoms with Crippen molar-refractivity contribution in [3.05, 3.63) is 59.9 Å². The molecule has 0 aliphatic carbocycles. The Morgan fingerprint density at radius 2 is 1.79 bits per heavy atom. The zero-order chi connectivity index (χ0) is 16.4. The fourth-order valence-corrected chi connectivity index (χ4v) is 3.97. The minimum atomic E-state index is 0.880. The van der Waals surface area contributed by atoms with Gasteiger partial charge in [0.15, 0.2) is 11.2 Å². The van der Waals surface area contributed by atoms with Crippen LogP contribution in [0.4, 0.5) is 0 Å². The zero-order valence-corrected chi connectivity index (χ0v) is 13.9. The molecule has 0 atom stereocenters. The van der Waals surface area contributed by atoms with E-state index in [2.05, 4.69) is 54.7 Å². The summed E-state index contributed by atoms with van der Waals surface area (Å²) in [7, 11) is 2.05. The van der Waals surface area contributed by atoms with Gasteiger partial charge in [0.25, 0.3) is 6.33 Å². The minimum Gasteiger partial charge on any atom is -0.456 e. The molecule has 0 fully saturated rings. The maximum atomic E-state index is 6.28. The molecule has 116 valence electrons. The molecule has 0 spiro atoms. The van der Waals surface area contributed by atoms with Crippen molar-refractivity contribution in [3.8, 4) is 22.8 Å². The molecule has 24 heavy (non-hydrogen) atoms.